The molecule has 0 spiro atoms. The zero-order valence-corrected chi connectivity index (χ0v) is 19.0. The molecule has 0 aliphatic rings. The Morgan fingerprint density at radius 3 is 2.63 bits per heavy atom. The van der Waals surface area contributed by atoms with E-state index in [1.165, 1.54) is 0 Å². The van der Waals surface area contributed by atoms with Gasteiger partial charge in [-0.15, -0.1) is 0 Å². The summed E-state index contributed by atoms with van der Waals surface area (Å²) in [5.74, 6) is 0.538. The molecule has 3 aromatic rings. The third-order valence-corrected chi connectivity index (χ3v) is 5.52. The Balaban J connectivity index is 2.10. The van der Waals surface area contributed by atoms with Crippen LogP contribution in [0, 0.1) is 0 Å². The fourth-order valence-corrected chi connectivity index (χ4v) is 3.73. The molecule has 0 radical (unpaired) electrons. The van der Waals surface area contributed by atoms with Crippen LogP contribution in [0.2, 0.25) is 10.0 Å². The largest absolute Gasteiger partial charge is 0.493 e. The van der Waals surface area contributed by atoms with Gasteiger partial charge in [-0.05, 0) is 51.0 Å². The molecule has 0 bridgehead atoms. The van der Waals surface area contributed by atoms with E-state index in [0.717, 1.165) is 34.1 Å². The van der Waals surface area contributed by atoms with Gasteiger partial charge >= 0.3 is 0 Å². The Morgan fingerprint density at radius 2 is 1.97 bits per heavy atom. The quantitative estimate of drug-likeness (QED) is 0.393. The van der Waals surface area contributed by atoms with E-state index in [1.54, 1.807) is 24.5 Å². The lowest BCUT2D eigenvalue weighted by Gasteiger charge is -2.13. The van der Waals surface area contributed by atoms with Crippen molar-refractivity contribution in [1.82, 2.24) is 5.32 Å². The standard InChI is InChI=1S/C24H25Cl2NO3/c1-5-15(4)27-24(28)9-14(3)18-11-19-20(17-8-7-16(25)10-21(17)26)13-30-23(19)12-22(18)29-6-2/h7-13,15H,5-6H2,1-4H3,(H,27,28)/b14-9+. The summed E-state index contributed by atoms with van der Waals surface area (Å²) in [5, 5.41) is 4.96. The second-order valence-electron chi connectivity index (χ2n) is 7.20. The molecule has 1 amide bonds. The zero-order valence-electron chi connectivity index (χ0n) is 17.5. The van der Waals surface area contributed by atoms with Gasteiger partial charge in [0.25, 0.3) is 0 Å². The van der Waals surface area contributed by atoms with Crippen LogP contribution in [0.5, 0.6) is 5.75 Å². The Kier molecular flexibility index (Phi) is 7.11. The average Bonchev–Trinajstić information content (AvgIpc) is 3.10. The molecule has 6 heteroatoms. The summed E-state index contributed by atoms with van der Waals surface area (Å²) in [4.78, 5) is 12.4. The van der Waals surface area contributed by atoms with Crippen LogP contribution in [0.1, 0.15) is 39.7 Å². The zero-order chi connectivity index (χ0) is 21.8. The number of furan rings is 1. The van der Waals surface area contributed by atoms with Crippen LogP contribution < -0.4 is 10.1 Å². The predicted molar refractivity (Wildman–Crippen MR) is 124 cm³/mol. The molecule has 1 heterocycles. The van der Waals surface area contributed by atoms with Gasteiger partial charge in [-0.25, -0.2) is 0 Å². The maximum Gasteiger partial charge on any atom is 0.244 e. The Hall–Kier alpha value is -2.43. The first-order valence-electron chi connectivity index (χ1n) is 9.96. The van der Waals surface area contributed by atoms with Crippen LogP contribution in [-0.4, -0.2) is 18.6 Å². The van der Waals surface area contributed by atoms with Gasteiger partial charge < -0.3 is 14.5 Å². The third-order valence-electron chi connectivity index (χ3n) is 4.97. The number of allylic oxidation sites excluding steroid dienone is 1. The van der Waals surface area contributed by atoms with Gasteiger partial charge in [-0.1, -0.05) is 36.2 Å². The van der Waals surface area contributed by atoms with Crippen LogP contribution in [0.4, 0.5) is 0 Å². The van der Waals surface area contributed by atoms with Gasteiger partial charge in [0, 0.05) is 45.3 Å². The molecule has 1 N–H and O–H groups in total. The van der Waals surface area contributed by atoms with Crippen molar-refractivity contribution >= 4 is 45.7 Å². The monoisotopic (exact) mass is 445 g/mol. The van der Waals surface area contributed by atoms with Gasteiger partial charge in [0.05, 0.1) is 17.9 Å². The molecule has 158 valence electrons. The molecule has 0 saturated heterocycles. The van der Waals surface area contributed by atoms with E-state index in [4.69, 9.17) is 32.4 Å². The SMILES string of the molecule is CCOc1cc2occ(-c3ccc(Cl)cc3Cl)c2cc1/C(C)=C/C(=O)NC(C)CC. The van der Waals surface area contributed by atoms with Gasteiger partial charge in [0.2, 0.25) is 5.91 Å². The summed E-state index contributed by atoms with van der Waals surface area (Å²) in [6.45, 7) is 8.33. The predicted octanol–water partition coefficient (Wildman–Crippen LogP) is 7.12. The van der Waals surface area contributed by atoms with E-state index in [-0.39, 0.29) is 11.9 Å². The molecule has 1 aromatic heterocycles. The minimum absolute atomic E-state index is 0.114. The molecule has 1 atom stereocenters. The van der Waals surface area contributed by atoms with E-state index in [1.807, 2.05) is 45.9 Å². The van der Waals surface area contributed by atoms with E-state index >= 15 is 0 Å². The maximum atomic E-state index is 12.4. The molecule has 30 heavy (non-hydrogen) atoms. The maximum absolute atomic E-state index is 12.4. The van der Waals surface area contributed by atoms with Crippen molar-refractivity contribution in [1.29, 1.82) is 0 Å². The smallest absolute Gasteiger partial charge is 0.244 e. The van der Waals surface area contributed by atoms with Crippen LogP contribution in [0.25, 0.3) is 27.7 Å². The Bertz CT molecular complexity index is 1100. The van der Waals surface area contributed by atoms with E-state index in [2.05, 4.69) is 5.32 Å². The summed E-state index contributed by atoms with van der Waals surface area (Å²) in [6, 6.07) is 9.31. The number of carbonyl (C=O) groups is 1. The number of benzene rings is 2. The summed E-state index contributed by atoms with van der Waals surface area (Å²) >= 11 is 12.5. The highest BCUT2D eigenvalue weighted by Gasteiger charge is 2.17. The van der Waals surface area contributed by atoms with E-state index in [0.29, 0.717) is 28.0 Å². The topological polar surface area (TPSA) is 51.5 Å². The minimum atomic E-state index is -0.127. The van der Waals surface area contributed by atoms with Gasteiger partial charge in [0.15, 0.2) is 0 Å². The van der Waals surface area contributed by atoms with Crippen molar-refractivity contribution in [3.63, 3.8) is 0 Å². The molecule has 2 aromatic carbocycles. The number of hydrogen-bond acceptors (Lipinski definition) is 3. The Labute approximate surface area is 186 Å². The van der Waals surface area contributed by atoms with Crippen LogP contribution in [0.15, 0.2) is 47.1 Å². The van der Waals surface area contributed by atoms with Crippen molar-refractivity contribution in [2.75, 3.05) is 6.61 Å². The first-order chi connectivity index (χ1) is 14.3. The van der Waals surface area contributed by atoms with Gasteiger partial charge in [-0.3, -0.25) is 4.79 Å². The van der Waals surface area contributed by atoms with Crippen LogP contribution >= 0.6 is 23.2 Å². The first-order valence-corrected chi connectivity index (χ1v) is 10.7. The third kappa shape index (κ3) is 4.82. The van der Waals surface area contributed by atoms with Crippen molar-refractivity contribution in [3.05, 3.63) is 58.3 Å². The molecule has 0 fully saturated rings. The van der Waals surface area contributed by atoms with Gasteiger partial charge in [0.1, 0.15) is 11.3 Å². The minimum Gasteiger partial charge on any atom is -0.493 e. The number of hydrogen-bond donors (Lipinski definition) is 1. The number of carbonyl (C=O) groups excluding carboxylic acids is 1. The molecule has 0 aliphatic carbocycles. The number of halogens is 2. The molecule has 0 saturated carbocycles. The molecule has 3 rings (SSSR count). The number of fused-ring (bicyclic) bond motifs is 1. The lowest BCUT2D eigenvalue weighted by atomic mass is 9.99. The highest BCUT2D eigenvalue weighted by molar-refractivity contribution is 6.36. The molecule has 1 unspecified atom stereocenters. The molecule has 0 aliphatic heterocycles. The number of ether oxygens (including phenoxy) is 1. The number of rotatable bonds is 7. The summed E-state index contributed by atoms with van der Waals surface area (Å²) < 4.78 is 11.6. The second-order valence-corrected chi connectivity index (χ2v) is 8.04. The van der Waals surface area contributed by atoms with E-state index in [9.17, 15) is 4.79 Å². The van der Waals surface area contributed by atoms with Crippen molar-refractivity contribution < 1.29 is 13.9 Å². The Morgan fingerprint density at radius 1 is 1.20 bits per heavy atom. The number of nitrogens with one attached hydrogen (secondary N) is 1. The van der Waals surface area contributed by atoms with Gasteiger partial charge in [-0.2, -0.15) is 0 Å². The summed E-state index contributed by atoms with van der Waals surface area (Å²) in [6.07, 6.45) is 4.15. The first kappa shape index (κ1) is 22.3. The molecular formula is C24H25Cl2NO3. The number of amides is 1. The molecular weight excluding hydrogens is 421 g/mol. The van der Waals surface area contributed by atoms with Crippen LogP contribution in [-0.2, 0) is 4.79 Å². The normalized spacial score (nSPS) is 12.8. The van der Waals surface area contributed by atoms with E-state index < -0.39 is 0 Å². The van der Waals surface area contributed by atoms with Crippen molar-refractivity contribution in [3.8, 4) is 16.9 Å². The van der Waals surface area contributed by atoms with Crippen LogP contribution in [0.3, 0.4) is 0 Å². The molecule has 4 nitrogen and oxygen atoms in total. The lowest BCUT2D eigenvalue weighted by molar-refractivity contribution is -0.117. The average molecular weight is 446 g/mol. The highest BCUT2D eigenvalue weighted by Crippen LogP contribution is 2.40. The summed E-state index contributed by atoms with van der Waals surface area (Å²) in [7, 11) is 0. The summed E-state index contributed by atoms with van der Waals surface area (Å²) in [5.41, 5.74) is 3.99. The van der Waals surface area contributed by atoms with Crippen molar-refractivity contribution in [2.45, 2.75) is 40.2 Å². The lowest BCUT2D eigenvalue weighted by Crippen LogP contribution is -2.30. The second kappa shape index (κ2) is 9.59. The van der Waals surface area contributed by atoms with Crippen molar-refractivity contribution in [2.24, 2.45) is 0 Å². The fourth-order valence-electron chi connectivity index (χ4n) is 3.22. The highest BCUT2D eigenvalue weighted by atomic mass is 35.5. The fraction of sp³-hybridized carbons (Fsp3) is 0.292.